The molecule has 1 saturated heterocycles. The first-order valence-electron chi connectivity index (χ1n) is 6.43. The van der Waals surface area contributed by atoms with Crippen LogP contribution < -0.4 is 10.2 Å². The predicted octanol–water partition coefficient (Wildman–Crippen LogP) is 0.244. The number of rotatable bonds is 4. The van der Waals surface area contributed by atoms with Crippen molar-refractivity contribution in [3.05, 3.63) is 12.4 Å². The lowest BCUT2D eigenvalue weighted by Gasteiger charge is -2.35. The molecule has 0 saturated carbocycles. The van der Waals surface area contributed by atoms with Crippen LogP contribution in [0.2, 0.25) is 0 Å². The van der Waals surface area contributed by atoms with Gasteiger partial charge >= 0.3 is 5.97 Å². The van der Waals surface area contributed by atoms with Gasteiger partial charge in [0.05, 0.1) is 6.61 Å². The maximum atomic E-state index is 12.0. The molecule has 100 valence electrons. The zero-order valence-corrected chi connectivity index (χ0v) is 10.9. The van der Waals surface area contributed by atoms with Crippen molar-refractivity contribution in [2.24, 2.45) is 0 Å². The highest BCUT2D eigenvalue weighted by Crippen LogP contribution is 2.17. The third kappa shape index (κ3) is 2.48. The zero-order chi connectivity index (χ0) is 13.0. The maximum Gasteiger partial charge on any atom is 0.330 e. The average molecular weight is 252 g/mol. The van der Waals surface area contributed by atoms with E-state index in [2.05, 4.69) is 17.2 Å². The largest absolute Gasteiger partial charge is 0.464 e. The van der Waals surface area contributed by atoms with Gasteiger partial charge in [-0.25, -0.2) is 9.78 Å². The number of esters is 1. The molecule has 0 radical (unpaired) electrons. The molecule has 1 unspecified atom stereocenters. The van der Waals surface area contributed by atoms with Gasteiger partial charge in [-0.05, 0) is 13.8 Å². The number of aryl methyl sites for hydroxylation is 1. The van der Waals surface area contributed by atoms with Gasteiger partial charge in [-0.1, -0.05) is 0 Å². The molecule has 1 atom stereocenters. The van der Waals surface area contributed by atoms with Crippen molar-refractivity contribution in [1.29, 1.82) is 0 Å². The molecule has 6 heteroatoms. The van der Waals surface area contributed by atoms with Crippen LogP contribution in [0.3, 0.4) is 0 Å². The first-order chi connectivity index (χ1) is 8.77. The number of aromatic nitrogens is 2. The second-order valence-electron chi connectivity index (χ2n) is 4.18. The summed E-state index contributed by atoms with van der Waals surface area (Å²) in [6.45, 7) is 7.36. The van der Waals surface area contributed by atoms with Gasteiger partial charge in [-0.2, -0.15) is 0 Å². The highest BCUT2D eigenvalue weighted by atomic mass is 16.5. The molecule has 1 fully saturated rings. The normalized spacial score (nSPS) is 19.9. The predicted molar refractivity (Wildman–Crippen MR) is 68.5 cm³/mol. The number of carbonyl (C=O) groups is 1. The van der Waals surface area contributed by atoms with Crippen molar-refractivity contribution in [3.63, 3.8) is 0 Å². The smallest absolute Gasteiger partial charge is 0.330 e. The summed E-state index contributed by atoms with van der Waals surface area (Å²) in [6, 6.07) is -0.286. The third-order valence-corrected chi connectivity index (χ3v) is 3.09. The van der Waals surface area contributed by atoms with Crippen LogP contribution in [-0.4, -0.2) is 47.8 Å². The number of anilines is 1. The highest BCUT2D eigenvalue weighted by Gasteiger charge is 2.31. The van der Waals surface area contributed by atoms with E-state index in [1.807, 2.05) is 22.6 Å². The highest BCUT2D eigenvalue weighted by molar-refractivity contribution is 5.80. The van der Waals surface area contributed by atoms with E-state index >= 15 is 0 Å². The van der Waals surface area contributed by atoms with Crippen LogP contribution in [-0.2, 0) is 16.1 Å². The number of hydrogen-bond donors (Lipinski definition) is 1. The second-order valence-corrected chi connectivity index (χ2v) is 4.18. The molecule has 2 heterocycles. The van der Waals surface area contributed by atoms with Gasteiger partial charge < -0.3 is 19.5 Å². The Morgan fingerprint density at radius 3 is 3.17 bits per heavy atom. The minimum absolute atomic E-state index is 0.185. The lowest BCUT2D eigenvalue weighted by Crippen LogP contribution is -2.56. The Hall–Kier alpha value is -1.56. The fourth-order valence-electron chi connectivity index (χ4n) is 2.20. The van der Waals surface area contributed by atoms with Gasteiger partial charge in [0.15, 0.2) is 0 Å². The first kappa shape index (κ1) is 12.9. The Morgan fingerprint density at radius 1 is 1.61 bits per heavy atom. The van der Waals surface area contributed by atoms with Gasteiger partial charge in [0, 0.05) is 38.6 Å². The van der Waals surface area contributed by atoms with Crippen molar-refractivity contribution in [2.75, 3.05) is 31.1 Å². The van der Waals surface area contributed by atoms with Crippen LogP contribution in [0.25, 0.3) is 0 Å². The molecule has 6 nitrogen and oxygen atoms in total. The molecule has 18 heavy (non-hydrogen) atoms. The fraction of sp³-hybridized carbons (Fsp3) is 0.667. The monoisotopic (exact) mass is 252 g/mol. The lowest BCUT2D eigenvalue weighted by atomic mass is 10.2. The van der Waals surface area contributed by atoms with Gasteiger partial charge in [0.25, 0.3) is 0 Å². The number of hydrogen-bond acceptors (Lipinski definition) is 5. The summed E-state index contributed by atoms with van der Waals surface area (Å²) >= 11 is 0. The molecule has 2 rings (SSSR count). The summed E-state index contributed by atoms with van der Waals surface area (Å²) < 4.78 is 7.16. The zero-order valence-electron chi connectivity index (χ0n) is 10.9. The number of nitrogens with one attached hydrogen (secondary N) is 1. The van der Waals surface area contributed by atoms with E-state index in [1.165, 1.54) is 0 Å². The molecule has 1 aromatic heterocycles. The van der Waals surface area contributed by atoms with Gasteiger partial charge in [0.2, 0.25) is 5.95 Å². The maximum absolute atomic E-state index is 12.0. The summed E-state index contributed by atoms with van der Waals surface area (Å²) in [5.74, 6) is 0.660. The van der Waals surface area contributed by atoms with Gasteiger partial charge in [-0.3, -0.25) is 0 Å². The molecular weight excluding hydrogens is 232 g/mol. The van der Waals surface area contributed by atoms with Crippen LogP contribution in [0.15, 0.2) is 12.4 Å². The molecule has 0 bridgehead atoms. The molecule has 1 N–H and O–H groups in total. The Bertz CT molecular complexity index is 405. The van der Waals surface area contributed by atoms with Crippen LogP contribution in [0.1, 0.15) is 13.8 Å². The van der Waals surface area contributed by atoms with E-state index in [0.717, 1.165) is 25.6 Å². The molecular formula is C12H20N4O2. The topological polar surface area (TPSA) is 59.4 Å². The molecule has 0 spiro atoms. The first-order valence-corrected chi connectivity index (χ1v) is 6.43. The number of imidazole rings is 1. The quantitative estimate of drug-likeness (QED) is 0.778. The Kier molecular flexibility index (Phi) is 4.19. The van der Waals surface area contributed by atoms with Crippen molar-refractivity contribution < 1.29 is 9.53 Å². The summed E-state index contributed by atoms with van der Waals surface area (Å²) in [5.41, 5.74) is 0. The number of piperazine rings is 1. The van der Waals surface area contributed by atoms with E-state index in [0.29, 0.717) is 13.2 Å². The van der Waals surface area contributed by atoms with Crippen molar-refractivity contribution in [1.82, 2.24) is 14.9 Å². The molecule has 1 aliphatic rings. The minimum Gasteiger partial charge on any atom is -0.464 e. The second kappa shape index (κ2) is 5.86. The Labute approximate surface area is 107 Å². The Balaban J connectivity index is 2.20. The van der Waals surface area contributed by atoms with E-state index in [4.69, 9.17) is 4.74 Å². The molecule has 1 aromatic rings. The van der Waals surface area contributed by atoms with Gasteiger partial charge in [-0.15, -0.1) is 0 Å². The molecule has 0 aliphatic carbocycles. The van der Waals surface area contributed by atoms with E-state index in [1.54, 1.807) is 6.20 Å². The number of nitrogens with zero attached hydrogens (tertiary/aromatic N) is 3. The van der Waals surface area contributed by atoms with Crippen molar-refractivity contribution in [2.45, 2.75) is 26.4 Å². The molecule has 1 aliphatic heterocycles. The summed E-state index contributed by atoms with van der Waals surface area (Å²) in [5, 5.41) is 3.22. The van der Waals surface area contributed by atoms with Crippen LogP contribution in [0, 0.1) is 0 Å². The number of ether oxygens (including phenoxy) is 1. The van der Waals surface area contributed by atoms with E-state index in [-0.39, 0.29) is 12.0 Å². The van der Waals surface area contributed by atoms with E-state index in [9.17, 15) is 4.79 Å². The third-order valence-electron chi connectivity index (χ3n) is 3.09. The minimum atomic E-state index is -0.286. The molecule has 0 amide bonds. The van der Waals surface area contributed by atoms with Crippen LogP contribution >= 0.6 is 0 Å². The SMILES string of the molecule is CCOC(=O)C1CNCCN1c1nccn1CC. The molecule has 0 aromatic carbocycles. The average Bonchev–Trinajstić information content (AvgIpc) is 2.87. The van der Waals surface area contributed by atoms with E-state index < -0.39 is 0 Å². The fourth-order valence-corrected chi connectivity index (χ4v) is 2.20. The lowest BCUT2D eigenvalue weighted by molar-refractivity contribution is -0.144. The van der Waals surface area contributed by atoms with Crippen LogP contribution in [0.5, 0.6) is 0 Å². The summed E-state index contributed by atoms with van der Waals surface area (Å²) in [6.07, 6.45) is 3.70. The standard InChI is InChI=1S/C12H20N4O2/c1-3-15-7-6-14-12(15)16-8-5-13-9-10(16)11(17)18-4-2/h6-7,10,13H,3-5,8-9H2,1-2H3. The van der Waals surface area contributed by atoms with Crippen molar-refractivity contribution in [3.8, 4) is 0 Å². The number of carbonyl (C=O) groups excluding carboxylic acids is 1. The Morgan fingerprint density at radius 2 is 2.44 bits per heavy atom. The summed E-state index contributed by atoms with van der Waals surface area (Å²) in [7, 11) is 0. The van der Waals surface area contributed by atoms with Crippen LogP contribution in [0.4, 0.5) is 5.95 Å². The van der Waals surface area contributed by atoms with Crippen molar-refractivity contribution >= 4 is 11.9 Å². The summed E-state index contributed by atoms with van der Waals surface area (Å²) in [4.78, 5) is 18.3. The van der Waals surface area contributed by atoms with Gasteiger partial charge in [0.1, 0.15) is 6.04 Å².